The highest BCUT2D eigenvalue weighted by molar-refractivity contribution is 5.57. The third kappa shape index (κ3) is 2.81. The van der Waals surface area contributed by atoms with Crippen LogP contribution in [0.5, 0.6) is 5.75 Å². The quantitative estimate of drug-likeness (QED) is 0.701. The van der Waals surface area contributed by atoms with Gasteiger partial charge >= 0.3 is 0 Å². The summed E-state index contributed by atoms with van der Waals surface area (Å²) >= 11 is 0. The van der Waals surface area contributed by atoms with E-state index in [0.29, 0.717) is 23.5 Å². The van der Waals surface area contributed by atoms with E-state index in [0.717, 1.165) is 17.9 Å². The molecule has 2 heteroatoms. The topological polar surface area (TPSA) is 46.2 Å². The molecule has 4 unspecified atom stereocenters. The summed E-state index contributed by atoms with van der Waals surface area (Å²) in [6.07, 6.45) is 13.0. The molecule has 4 atom stereocenters. The van der Waals surface area contributed by atoms with Gasteiger partial charge in [0.15, 0.2) is 0 Å². The zero-order chi connectivity index (χ0) is 17.6. The molecule has 0 heterocycles. The molecular weight excluding hydrogens is 306 g/mol. The second kappa shape index (κ2) is 6.95. The maximum Gasteiger partial charge on any atom is 0.124 e. The molecule has 2 fully saturated rings. The molecule has 3 aliphatic rings. The number of fused-ring (bicyclic) bond motifs is 3. The molecule has 0 amide bonds. The number of rotatable bonds is 3. The van der Waals surface area contributed by atoms with Crippen LogP contribution in [0.15, 0.2) is 6.07 Å². The van der Waals surface area contributed by atoms with Crippen LogP contribution >= 0.6 is 0 Å². The number of benzene rings is 1. The molecule has 3 N–H and O–H groups in total. The van der Waals surface area contributed by atoms with Gasteiger partial charge in [-0.15, -0.1) is 0 Å². The van der Waals surface area contributed by atoms with Crippen molar-refractivity contribution in [1.29, 1.82) is 0 Å². The first-order chi connectivity index (χ1) is 12.1. The highest BCUT2D eigenvalue weighted by Crippen LogP contribution is 2.56. The average Bonchev–Trinajstić information content (AvgIpc) is 2.95. The standard InChI is InChI=1S/C23H35NO/c1-3-16(15-9-5-4-6-10-15)19-13-14(2)20-17-11-7-8-12-18(17)22(24)21(20)23(19)25/h13,15-18,22,25H,3-12,24H2,1-2H3. The van der Waals surface area contributed by atoms with Crippen LogP contribution in [0, 0.1) is 18.8 Å². The lowest BCUT2D eigenvalue weighted by atomic mass is 9.74. The second-order valence-corrected chi connectivity index (χ2v) is 8.95. The fraction of sp³-hybridized carbons (Fsp3) is 0.739. The molecule has 0 aromatic heterocycles. The molecule has 1 aromatic carbocycles. The van der Waals surface area contributed by atoms with Crippen molar-refractivity contribution < 1.29 is 5.11 Å². The summed E-state index contributed by atoms with van der Waals surface area (Å²) < 4.78 is 0. The Labute approximate surface area is 153 Å². The van der Waals surface area contributed by atoms with Crippen molar-refractivity contribution >= 4 is 0 Å². The van der Waals surface area contributed by atoms with E-state index in [-0.39, 0.29) is 6.04 Å². The molecule has 3 aliphatic carbocycles. The Morgan fingerprint density at radius 2 is 1.72 bits per heavy atom. The number of hydrogen-bond acceptors (Lipinski definition) is 2. The smallest absolute Gasteiger partial charge is 0.124 e. The molecule has 0 radical (unpaired) electrons. The van der Waals surface area contributed by atoms with Crippen molar-refractivity contribution in [3.8, 4) is 5.75 Å². The van der Waals surface area contributed by atoms with Gasteiger partial charge in [0, 0.05) is 11.6 Å². The maximum absolute atomic E-state index is 11.3. The zero-order valence-corrected chi connectivity index (χ0v) is 16.1. The van der Waals surface area contributed by atoms with Crippen LogP contribution in [0.4, 0.5) is 0 Å². The number of nitrogens with two attached hydrogens (primary N) is 1. The summed E-state index contributed by atoms with van der Waals surface area (Å²) in [5.74, 6) is 2.95. The molecule has 138 valence electrons. The summed E-state index contributed by atoms with van der Waals surface area (Å²) in [5.41, 5.74) is 11.8. The molecule has 0 bridgehead atoms. The van der Waals surface area contributed by atoms with Gasteiger partial charge < -0.3 is 10.8 Å². The molecule has 0 saturated heterocycles. The van der Waals surface area contributed by atoms with E-state index in [2.05, 4.69) is 19.9 Å². The lowest BCUT2D eigenvalue weighted by molar-refractivity contribution is 0.288. The van der Waals surface area contributed by atoms with E-state index in [1.165, 1.54) is 74.5 Å². The van der Waals surface area contributed by atoms with Crippen molar-refractivity contribution in [2.75, 3.05) is 0 Å². The fourth-order valence-corrected chi connectivity index (χ4v) is 6.49. The van der Waals surface area contributed by atoms with E-state index in [9.17, 15) is 5.11 Å². The summed E-state index contributed by atoms with van der Waals surface area (Å²) in [7, 11) is 0. The lowest BCUT2D eigenvalue weighted by Gasteiger charge is -2.31. The minimum atomic E-state index is 0.0443. The van der Waals surface area contributed by atoms with Crippen LogP contribution in [-0.4, -0.2) is 5.11 Å². The van der Waals surface area contributed by atoms with Gasteiger partial charge in [-0.3, -0.25) is 0 Å². The number of aromatic hydroxyl groups is 1. The normalized spacial score (nSPS) is 30.8. The van der Waals surface area contributed by atoms with Gasteiger partial charge in [-0.2, -0.15) is 0 Å². The van der Waals surface area contributed by atoms with E-state index >= 15 is 0 Å². The van der Waals surface area contributed by atoms with Gasteiger partial charge in [-0.25, -0.2) is 0 Å². The van der Waals surface area contributed by atoms with Gasteiger partial charge in [0.25, 0.3) is 0 Å². The first kappa shape index (κ1) is 17.4. The van der Waals surface area contributed by atoms with Crippen LogP contribution in [-0.2, 0) is 0 Å². The van der Waals surface area contributed by atoms with Crippen LogP contribution < -0.4 is 5.73 Å². The minimum absolute atomic E-state index is 0.0443. The van der Waals surface area contributed by atoms with E-state index in [1.54, 1.807) is 0 Å². The molecule has 2 nitrogen and oxygen atoms in total. The predicted octanol–water partition coefficient (Wildman–Crippen LogP) is 6.06. The first-order valence-electron chi connectivity index (χ1n) is 10.7. The zero-order valence-electron chi connectivity index (χ0n) is 16.1. The van der Waals surface area contributed by atoms with Gasteiger partial charge in [0.1, 0.15) is 5.75 Å². The highest BCUT2D eigenvalue weighted by atomic mass is 16.3. The molecule has 2 saturated carbocycles. The van der Waals surface area contributed by atoms with Gasteiger partial charge in [0.2, 0.25) is 0 Å². The maximum atomic E-state index is 11.3. The molecule has 0 aliphatic heterocycles. The lowest BCUT2D eigenvalue weighted by Crippen LogP contribution is -2.22. The number of aryl methyl sites for hydroxylation is 1. The van der Waals surface area contributed by atoms with Crippen molar-refractivity contribution in [2.45, 2.75) is 95.9 Å². The van der Waals surface area contributed by atoms with E-state index in [4.69, 9.17) is 5.73 Å². The Bertz CT molecular complexity index is 631. The number of phenols is 1. The Kier molecular flexibility index (Phi) is 4.83. The largest absolute Gasteiger partial charge is 0.507 e. The fourth-order valence-electron chi connectivity index (χ4n) is 6.49. The van der Waals surface area contributed by atoms with Crippen molar-refractivity contribution in [2.24, 2.45) is 17.6 Å². The van der Waals surface area contributed by atoms with Gasteiger partial charge in [-0.05, 0) is 79.4 Å². The monoisotopic (exact) mass is 341 g/mol. The third-order valence-electron chi connectivity index (χ3n) is 7.66. The molecule has 4 rings (SSSR count). The average molecular weight is 342 g/mol. The third-order valence-corrected chi connectivity index (χ3v) is 7.66. The molecular formula is C23H35NO. The Balaban J connectivity index is 1.76. The summed E-state index contributed by atoms with van der Waals surface area (Å²) in [5, 5.41) is 11.3. The van der Waals surface area contributed by atoms with Crippen LogP contribution in [0.2, 0.25) is 0 Å². The first-order valence-corrected chi connectivity index (χ1v) is 10.7. The Hall–Kier alpha value is -1.02. The number of phenolic OH excluding ortho intramolecular Hbond substituents is 1. The molecule has 0 spiro atoms. The second-order valence-electron chi connectivity index (χ2n) is 8.95. The molecule has 25 heavy (non-hydrogen) atoms. The Morgan fingerprint density at radius 3 is 2.44 bits per heavy atom. The summed E-state index contributed by atoms with van der Waals surface area (Å²) in [6.45, 7) is 4.56. The Morgan fingerprint density at radius 1 is 1.04 bits per heavy atom. The van der Waals surface area contributed by atoms with Crippen molar-refractivity contribution in [3.63, 3.8) is 0 Å². The van der Waals surface area contributed by atoms with Gasteiger partial charge in [0.05, 0.1) is 0 Å². The summed E-state index contributed by atoms with van der Waals surface area (Å²) in [6, 6.07) is 2.38. The summed E-state index contributed by atoms with van der Waals surface area (Å²) in [4.78, 5) is 0. The molecule has 1 aromatic rings. The predicted molar refractivity (Wildman–Crippen MR) is 104 cm³/mol. The van der Waals surface area contributed by atoms with Crippen molar-refractivity contribution in [3.05, 3.63) is 28.3 Å². The van der Waals surface area contributed by atoms with Crippen LogP contribution in [0.1, 0.15) is 111 Å². The minimum Gasteiger partial charge on any atom is -0.507 e. The van der Waals surface area contributed by atoms with E-state index < -0.39 is 0 Å². The van der Waals surface area contributed by atoms with E-state index in [1.807, 2.05) is 0 Å². The van der Waals surface area contributed by atoms with Crippen molar-refractivity contribution in [1.82, 2.24) is 0 Å². The van der Waals surface area contributed by atoms with Gasteiger partial charge in [-0.1, -0.05) is 45.1 Å². The SMILES string of the molecule is CCC(c1cc(C)c2c(c1O)C(N)C1CCCCC21)C1CCCCC1. The highest BCUT2D eigenvalue weighted by Gasteiger charge is 2.43. The van der Waals surface area contributed by atoms with Crippen LogP contribution in [0.25, 0.3) is 0 Å². The van der Waals surface area contributed by atoms with Crippen LogP contribution in [0.3, 0.4) is 0 Å². The number of hydrogen-bond donors (Lipinski definition) is 2.